The highest BCUT2D eigenvalue weighted by molar-refractivity contribution is 6.29. The molecule has 0 aliphatic rings. The Morgan fingerprint density at radius 2 is 1.68 bits per heavy atom. The van der Waals surface area contributed by atoms with Gasteiger partial charge in [0.2, 0.25) is 0 Å². The molecule has 0 aliphatic heterocycles. The van der Waals surface area contributed by atoms with Crippen LogP contribution in [-0.2, 0) is 11.3 Å². The van der Waals surface area contributed by atoms with E-state index in [2.05, 4.69) is 42.9 Å². The van der Waals surface area contributed by atoms with Crippen LogP contribution in [0.4, 0.5) is 0 Å². The van der Waals surface area contributed by atoms with Gasteiger partial charge in [0.15, 0.2) is 5.82 Å². The third kappa shape index (κ3) is 3.11. The molecule has 0 bridgehead atoms. The molecule has 1 aromatic heterocycles. The molecule has 0 N–H and O–H groups in total. The van der Waals surface area contributed by atoms with E-state index in [1.54, 1.807) is 13.2 Å². The molecule has 0 spiro atoms. The first-order valence-electron chi connectivity index (χ1n) is 6.12. The Bertz CT molecular complexity index is 611. The molecule has 19 heavy (non-hydrogen) atoms. The van der Waals surface area contributed by atoms with Crippen molar-refractivity contribution >= 4 is 11.6 Å². The first-order chi connectivity index (χ1) is 9.01. The van der Waals surface area contributed by atoms with Gasteiger partial charge >= 0.3 is 0 Å². The van der Waals surface area contributed by atoms with E-state index in [-0.39, 0.29) is 0 Å². The number of hydrogen-bond donors (Lipinski definition) is 0. The summed E-state index contributed by atoms with van der Waals surface area (Å²) in [6.07, 6.45) is 0. The van der Waals surface area contributed by atoms with Crippen LogP contribution in [0.5, 0.6) is 0 Å². The first-order valence-corrected chi connectivity index (χ1v) is 6.49. The molecule has 0 amide bonds. The van der Waals surface area contributed by atoms with Crippen LogP contribution in [0.3, 0.4) is 0 Å². The summed E-state index contributed by atoms with van der Waals surface area (Å²) in [5, 5.41) is 0.440. The van der Waals surface area contributed by atoms with E-state index in [9.17, 15) is 0 Å². The van der Waals surface area contributed by atoms with Crippen molar-refractivity contribution in [2.75, 3.05) is 7.11 Å². The number of ether oxygens (including phenoxy) is 1. The summed E-state index contributed by atoms with van der Waals surface area (Å²) in [7, 11) is 1.64. The molecule has 0 atom stereocenters. The molecule has 0 unspecified atom stereocenters. The van der Waals surface area contributed by atoms with Crippen molar-refractivity contribution in [3.63, 3.8) is 0 Å². The summed E-state index contributed by atoms with van der Waals surface area (Å²) >= 11 is 6.05. The van der Waals surface area contributed by atoms with Crippen molar-refractivity contribution in [2.24, 2.45) is 0 Å². The molecular weight excluding hydrogens is 260 g/mol. The maximum Gasteiger partial charge on any atom is 0.161 e. The van der Waals surface area contributed by atoms with Crippen LogP contribution in [0.25, 0.3) is 11.4 Å². The van der Waals surface area contributed by atoms with Gasteiger partial charge in [-0.1, -0.05) is 17.7 Å². The minimum atomic E-state index is 0.430. The van der Waals surface area contributed by atoms with Gasteiger partial charge in [-0.25, -0.2) is 9.97 Å². The monoisotopic (exact) mass is 276 g/mol. The molecule has 4 heteroatoms. The van der Waals surface area contributed by atoms with Crippen LogP contribution in [-0.4, -0.2) is 17.1 Å². The Labute approximate surface area is 118 Å². The predicted octanol–water partition coefficient (Wildman–Crippen LogP) is 3.87. The fourth-order valence-corrected chi connectivity index (χ4v) is 2.21. The van der Waals surface area contributed by atoms with Gasteiger partial charge < -0.3 is 4.74 Å². The lowest BCUT2D eigenvalue weighted by Crippen LogP contribution is -1.99. The van der Waals surface area contributed by atoms with Gasteiger partial charge in [-0.05, 0) is 49.6 Å². The van der Waals surface area contributed by atoms with E-state index in [0.29, 0.717) is 17.6 Å². The highest BCUT2D eigenvalue weighted by Crippen LogP contribution is 2.25. The number of nitrogens with zero attached hydrogens (tertiary/aromatic N) is 2. The van der Waals surface area contributed by atoms with E-state index in [1.807, 2.05) is 0 Å². The molecule has 0 radical (unpaired) electrons. The predicted molar refractivity (Wildman–Crippen MR) is 77.4 cm³/mol. The Balaban J connectivity index is 2.55. The SMILES string of the molecule is COCc1cc(Cl)nc(-c2cc(C)c(C)cc2C)n1. The molecule has 0 aliphatic carbocycles. The zero-order valence-corrected chi connectivity index (χ0v) is 12.4. The highest BCUT2D eigenvalue weighted by Gasteiger charge is 2.10. The van der Waals surface area contributed by atoms with Crippen LogP contribution in [0.2, 0.25) is 5.15 Å². The Hall–Kier alpha value is -1.45. The fraction of sp³-hybridized carbons (Fsp3) is 0.333. The molecule has 0 saturated carbocycles. The van der Waals surface area contributed by atoms with Gasteiger partial charge in [-0.3, -0.25) is 0 Å². The molecular formula is C15H17ClN2O. The van der Waals surface area contributed by atoms with Crippen molar-refractivity contribution in [3.8, 4) is 11.4 Å². The zero-order chi connectivity index (χ0) is 14.0. The van der Waals surface area contributed by atoms with Gasteiger partial charge in [0.1, 0.15) is 5.15 Å². The molecule has 2 rings (SSSR count). The lowest BCUT2D eigenvalue weighted by atomic mass is 10.0. The molecule has 0 saturated heterocycles. The van der Waals surface area contributed by atoms with Crippen molar-refractivity contribution in [1.29, 1.82) is 0 Å². The lowest BCUT2D eigenvalue weighted by Gasteiger charge is -2.10. The molecule has 2 aromatic rings. The summed E-state index contributed by atoms with van der Waals surface area (Å²) in [5.41, 5.74) is 5.43. The maximum absolute atomic E-state index is 6.05. The standard InChI is InChI=1S/C15H17ClN2O/c1-9-5-11(3)13(6-10(9)2)15-17-12(8-19-4)7-14(16)18-15/h5-7H,8H2,1-4H3. The summed E-state index contributed by atoms with van der Waals surface area (Å²) < 4.78 is 5.10. The van der Waals surface area contributed by atoms with Crippen LogP contribution >= 0.6 is 11.6 Å². The van der Waals surface area contributed by atoms with Crippen molar-refractivity contribution in [3.05, 3.63) is 45.7 Å². The highest BCUT2D eigenvalue weighted by atomic mass is 35.5. The third-order valence-corrected chi connectivity index (χ3v) is 3.32. The Kier molecular flexibility index (Phi) is 4.17. The van der Waals surface area contributed by atoms with Gasteiger partial charge in [0.25, 0.3) is 0 Å². The largest absolute Gasteiger partial charge is 0.378 e. The van der Waals surface area contributed by atoms with Crippen LogP contribution in [0.15, 0.2) is 18.2 Å². The summed E-state index contributed by atoms with van der Waals surface area (Å²) in [5.74, 6) is 0.653. The van der Waals surface area contributed by atoms with E-state index in [0.717, 1.165) is 16.8 Å². The van der Waals surface area contributed by atoms with Gasteiger partial charge in [-0.2, -0.15) is 0 Å². The smallest absolute Gasteiger partial charge is 0.161 e. The molecule has 100 valence electrons. The second kappa shape index (κ2) is 5.68. The molecule has 1 heterocycles. The van der Waals surface area contributed by atoms with Crippen LogP contribution < -0.4 is 0 Å². The number of methoxy groups -OCH3 is 1. The quantitative estimate of drug-likeness (QED) is 0.798. The molecule has 3 nitrogen and oxygen atoms in total. The second-order valence-corrected chi connectivity index (χ2v) is 5.08. The Morgan fingerprint density at radius 3 is 2.37 bits per heavy atom. The first kappa shape index (κ1) is 14.0. The van der Waals surface area contributed by atoms with E-state index in [1.165, 1.54) is 11.1 Å². The van der Waals surface area contributed by atoms with Gasteiger partial charge in [0.05, 0.1) is 12.3 Å². The maximum atomic E-state index is 6.05. The normalized spacial score (nSPS) is 10.8. The minimum absolute atomic E-state index is 0.430. The molecule has 1 aromatic carbocycles. The summed E-state index contributed by atoms with van der Waals surface area (Å²) in [6.45, 7) is 6.67. The van der Waals surface area contributed by atoms with Crippen molar-refractivity contribution in [1.82, 2.24) is 9.97 Å². The van der Waals surface area contributed by atoms with Crippen LogP contribution in [0.1, 0.15) is 22.4 Å². The number of benzene rings is 1. The average molecular weight is 277 g/mol. The van der Waals surface area contributed by atoms with E-state index < -0.39 is 0 Å². The topological polar surface area (TPSA) is 35.0 Å². The van der Waals surface area contributed by atoms with E-state index in [4.69, 9.17) is 16.3 Å². The van der Waals surface area contributed by atoms with E-state index >= 15 is 0 Å². The van der Waals surface area contributed by atoms with Crippen LogP contribution in [0, 0.1) is 20.8 Å². The fourth-order valence-electron chi connectivity index (χ4n) is 2.01. The van der Waals surface area contributed by atoms with Gasteiger partial charge in [-0.15, -0.1) is 0 Å². The van der Waals surface area contributed by atoms with Gasteiger partial charge in [0, 0.05) is 12.7 Å². The summed E-state index contributed by atoms with van der Waals surface area (Å²) in [4.78, 5) is 8.82. The third-order valence-electron chi connectivity index (χ3n) is 3.12. The minimum Gasteiger partial charge on any atom is -0.378 e. The number of rotatable bonds is 3. The summed E-state index contributed by atoms with van der Waals surface area (Å²) in [6, 6.07) is 5.97. The van der Waals surface area contributed by atoms with Crippen molar-refractivity contribution in [2.45, 2.75) is 27.4 Å². The number of halogens is 1. The Morgan fingerprint density at radius 1 is 1.00 bits per heavy atom. The second-order valence-electron chi connectivity index (χ2n) is 4.69. The number of aryl methyl sites for hydroxylation is 3. The molecule has 0 fully saturated rings. The van der Waals surface area contributed by atoms with Crippen molar-refractivity contribution < 1.29 is 4.74 Å². The zero-order valence-electron chi connectivity index (χ0n) is 11.6. The lowest BCUT2D eigenvalue weighted by molar-refractivity contribution is 0.181. The number of hydrogen-bond acceptors (Lipinski definition) is 3. The number of aromatic nitrogens is 2. The average Bonchev–Trinajstić information content (AvgIpc) is 2.33.